The number of carbonyl (C=O) groups excluding carboxylic acids is 3. The lowest BCUT2D eigenvalue weighted by Crippen LogP contribution is -2.59. The SMILES string of the molecule is CC(=O)OCC1OC(Br)C(OC(C)=O)C(O)C1OC(C)=O. The maximum atomic E-state index is 11.1. The van der Waals surface area contributed by atoms with E-state index < -0.39 is 47.3 Å². The van der Waals surface area contributed by atoms with Crippen LogP contribution in [0.3, 0.4) is 0 Å². The van der Waals surface area contributed by atoms with Crippen molar-refractivity contribution in [3.05, 3.63) is 0 Å². The molecule has 5 unspecified atom stereocenters. The Balaban J connectivity index is 2.86. The van der Waals surface area contributed by atoms with Crippen LogP contribution in [0.1, 0.15) is 20.8 Å². The Bertz CT molecular complexity index is 410. The molecule has 5 atom stereocenters. The van der Waals surface area contributed by atoms with Crippen LogP contribution in [-0.2, 0) is 33.3 Å². The van der Waals surface area contributed by atoms with Crippen LogP contribution in [0, 0.1) is 0 Å². The third kappa shape index (κ3) is 5.25. The van der Waals surface area contributed by atoms with Gasteiger partial charge in [-0.3, -0.25) is 14.4 Å². The lowest BCUT2D eigenvalue weighted by molar-refractivity contribution is -0.228. The zero-order valence-corrected chi connectivity index (χ0v) is 13.4. The van der Waals surface area contributed by atoms with Gasteiger partial charge in [-0.05, 0) is 0 Å². The van der Waals surface area contributed by atoms with Crippen molar-refractivity contribution in [3.8, 4) is 0 Å². The molecule has 8 nitrogen and oxygen atoms in total. The van der Waals surface area contributed by atoms with Gasteiger partial charge in [0.15, 0.2) is 17.2 Å². The minimum Gasteiger partial charge on any atom is -0.463 e. The Morgan fingerprint density at radius 1 is 1.05 bits per heavy atom. The lowest BCUT2D eigenvalue weighted by Gasteiger charge is -2.41. The van der Waals surface area contributed by atoms with Gasteiger partial charge in [0.2, 0.25) is 0 Å². The van der Waals surface area contributed by atoms with E-state index in [2.05, 4.69) is 15.9 Å². The summed E-state index contributed by atoms with van der Waals surface area (Å²) in [5.74, 6) is -1.81. The van der Waals surface area contributed by atoms with Crippen molar-refractivity contribution in [3.63, 3.8) is 0 Å². The van der Waals surface area contributed by atoms with Crippen LogP contribution in [0.5, 0.6) is 0 Å². The second-order valence-corrected chi connectivity index (χ2v) is 5.37. The number of alkyl halides is 1. The predicted molar refractivity (Wildman–Crippen MR) is 71.3 cm³/mol. The molecule has 0 aromatic carbocycles. The number of esters is 3. The summed E-state index contributed by atoms with van der Waals surface area (Å²) in [7, 11) is 0. The first-order valence-corrected chi connectivity index (χ1v) is 7.09. The van der Waals surface area contributed by atoms with Crippen LogP contribution in [0.2, 0.25) is 0 Å². The number of carbonyl (C=O) groups is 3. The third-order valence-electron chi connectivity index (χ3n) is 2.66. The van der Waals surface area contributed by atoms with Crippen molar-refractivity contribution in [2.75, 3.05) is 6.61 Å². The quantitative estimate of drug-likeness (QED) is 0.416. The molecular formula is C12H17BrO8. The molecule has 1 aliphatic heterocycles. The molecule has 1 saturated heterocycles. The van der Waals surface area contributed by atoms with Crippen molar-refractivity contribution in [2.24, 2.45) is 0 Å². The summed E-state index contributed by atoms with van der Waals surface area (Å²) in [6, 6.07) is 0. The molecule has 0 amide bonds. The summed E-state index contributed by atoms with van der Waals surface area (Å²) >= 11 is 3.12. The number of aliphatic hydroxyl groups is 1. The van der Waals surface area contributed by atoms with Gasteiger partial charge in [0.05, 0.1) is 0 Å². The van der Waals surface area contributed by atoms with Crippen LogP contribution in [0.25, 0.3) is 0 Å². The molecule has 1 rings (SSSR count). The van der Waals surface area contributed by atoms with Crippen LogP contribution >= 0.6 is 15.9 Å². The summed E-state index contributed by atoms with van der Waals surface area (Å²) < 4.78 is 20.2. The molecule has 21 heavy (non-hydrogen) atoms. The van der Waals surface area contributed by atoms with E-state index >= 15 is 0 Å². The fourth-order valence-electron chi connectivity index (χ4n) is 1.87. The molecule has 0 aromatic rings. The first-order valence-electron chi connectivity index (χ1n) is 6.17. The maximum Gasteiger partial charge on any atom is 0.303 e. The van der Waals surface area contributed by atoms with Gasteiger partial charge in [0.1, 0.15) is 18.8 Å². The fraction of sp³-hybridized carbons (Fsp3) is 0.750. The van der Waals surface area contributed by atoms with Crippen LogP contribution in [0.4, 0.5) is 0 Å². The Hall–Kier alpha value is -1.19. The van der Waals surface area contributed by atoms with E-state index in [-0.39, 0.29) is 6.61 Å². The Morgan fingerprint density at radius 3 is 2.05 bits per heavy atom. The minimum absolute atomic E-state index is 0.209. The number of halogens is 1. The number of hydrogen-bond donors (Lipinski definition) is 1. The average molecular weight is 369 g/mol. The number of rotatable bonds is 4. The Kier molecular flexibility index (Phi) is 6.56. The van der Waals surface area contributed by atoms with Crippen LogP contribution < -0.4 is 0 Å². The highest BCUT2D eigenvalue weighted by Gasteiger charge is 2.48. The van der Waals surface area contributed by atoms with E-state index in [4.69, 9.17) is 18.9 Å². The summed E-state index contributed by atoms with van der Waals surface area (Å²) in [5.41, 5.74) is 0. The normalized spacial score (nSPS) is 32.1. The summed E-state index contributed by atoms with van der Waals surface area (Å²) in [5, 5.41) is 9.40. The minimum atomic E-state index is -1.32. The van der Waals surface area contributed by atoms with Gasteiger partial charge >= 0.3 is 17.9 Å². The van der Waals surface area contributed by atoms with Crippen molar-refractivity contribution in [1.82, 2.24) is 0 Å². The first kappa shape index (κ1) is 17.9. The second-order valence-electron chi connectivity index (χ2n) is 4.47. The van der Waals surface area contributed by atoms with E-state index in [1.165, 1.54) is 13.8 Å². The van der Waals surface area contributed by atoms with Crippen molar-refractivity contribution >= 4 is 33.8 Å². The predicted octanol–water partition coefficient (Wildman–Crippen LogP) is -0.106. The summed E-state index contributed by atoms with van der Waals surface area (Å²) in [6.07, 6.45) is -4.39. The zero-order valence-electron chi connectivity index (χ0n) is 11.8. The highest BCUT2D eigenvalue weighted by Crippen LogP contribution is 2.29. The van der Waals surface area contributed by atoms with Gasteiger partial charge in [-0.2, -0.15) is 0 Å². The Morgan fingerprint density at radius 2 is 1.57 bits per heavy atom. The molecule has 0 radical (unpaired) electrons. The monoisotopic (exact) mass is 368 g/mol. The molecule has 0 saturated carbocycles. The van der Waals surface area contributed by atoms with Gasteiger partial charge in [0.25, 0.3) is 0 Å². The van der Waals surface area contributed by atoms with Gasteiger partial charge in [-0.15, -0.1) is 0 Å². The van der Waals surface area contributed by atoms with E-state index in [0.29, 0.717) is 0 Å². The Labute approximate surface area is 129 Å². The average Bonchev–Trinajstić information content (AvgIpc) is 2.35. The standard InChI is InChI=1S/C12H17BrO8/c1-5(14)18-4-8-10(19-6(2)15)9(17)11(12(13)21-8)20-7(3)16/h8-12,17H,4H2,1-3H3. The van der Waals surface area contributed by atoms with Gasteiger partial charge < -0.3 is 24.1 Å². The summed E-state index contributed by atoms with van der Waals surface area (Å²) in [6.45, 7) is 3.35. The molecule has 1 fully saturated rings. The van der Waals surface area contributed by atoms with Crippen LogP contribution in [-0.4, -0.2) is 59.1 Å². The molecule has 120 valence electrons. The number of ether oxygens (including phenoxy) is 4. The number of aliphatic hydroxyl groups excluding tert-OH is 1. The highest BCUT2D eigenvalue weighted by atomic mass is 79.9. The molecule has 1 aliphatic rings. The lowest BCUT2D eigenvalue weighted by atomic mass is 10.00. The van der Waals surface area contributed by atoms with Crippen molar-refractivity contribution < 1.29 is 38.4 Å². The van der Waals surface area contributed by atoms with Crippen LogP contribution in [0.15, 0.2) is 0 Å². The zero-order chi connectivity index (χ0) is 16.2. The fourth-order valence-corrected chi connectivity index (χ4v) is 2.57. The second kappa shape index (κ2) is 7.71. The summed E-state index contributed by atoms with van der Waals surface area (Å²) in [4.78, 5) is 33.0. The third-order valence-corrected chi connectivity index (χ3v) is 3.39. The van der Waals surface area contributed by atoms with Gasteiger partial charge in [0, 0.05) is 20.8 Å². The molecular weight excluding hydrogens is 352 g/mol. The first-order chi connectivity index (χ1) is 9.72. The van der Waals surface area contributed by atoms with E-state index in [9.17, 15) is 19.5 Å². The molecule has 0 aromatic heterocycles. The molecule has 1 N–H and O–H groups in total. The largest absolute Gasteiger partial charge is 0.463 e. The van der Waals surface area contributed by atoms with Crippen molar-refractivity contribution in [2.45, 2.75) is 50.2 Å². The van der Waals surface area contributed by atoms with E-state index in [1.807, 2.05) is 0 Å². The van der Waals surface area contributed by atoms with Gasteiger partial charge in [-0.25, -0.2) is 0 Å². The maximum absolute atomic E-state index is 11.1. The highest BCUT2D eigenvalue weighted by molar-refractivity contribution is 9.09. The van der Waals surface area contributed by atoms with E-state index in [0.717, 1.165) is 6.92 Å². The topological polar surface area (TPSA) is 108 Å². The van der Waals surface area contributed by atoms with Crippen molar-refractivity contribution in [1.29, 1.82) is 0 Å². The van der Waals surface area contributed by atoms with Gasteiger partial charge in [-0.1, -0.05) is 15.9 Å². The molecule has 9 heteroatoms. The molecule has 0 spiro atoms. The molecule has 0 aliphatic carbocycles. The molecule has 0 bridgehead atoms. The molecule has 1 heterocycles. The smallest absolute Gasteiger partial charge is 0.303 e. The number of hydrogen-bond acceptors (Lipinski definition) is 8. The van der Waals surface area contributed by atoms with E-state index in [1.54, 1.807) is 0 Å².